The minimum atomic E-state index is -0.286. The number of hydrogen-bond acceptors (Lipinski definition) is 3. The fourth-order valence-corrected chi connectivity index (χ4v) is 3.37. The van der Waals surface area contributed by atoms with Crippen molar-refractivity contribution in [2.45, 2.75) is 57.9 Å². The van der Waals surface area contributed by atoms with E-state index in [1.165, 1.54) is 38.5 Å². The van der Waals surface area contributed by atoms with Crippen LogP contribution in [0.15, 0.2) is 24.3 Å². The second-order valence-electron chi connectivity index (χ2n) is 6.10. The smallest absolute Gasteiger partial charge is 0.272 e. The van der Waals surface area contributed by atoms with Gasteiger partial charge in [0.05, 0.1) is 4.92 Å². The molecule has 4 heteroatoms. The van der Waals surface area contributed by atoms with Crippen molar-refractivity contribution in [3.63, 3.8) is 0 Å². The molecule has 1 aliphatic rings. The zero-order chi connectivity index (χ0) is 15.1. The molecule has 0 radical (unpaired) electrons. The van der Waals surface area contributed by atoms with Gasteiger partial charge in [-0.15, -0.1) is 0 Å². The van der Waals surface area contributed by atoms with Crippen molar-refractivity contribution in [3.8, 4) is 0 Å². The van der Waals surface area contributed by atoms with E-state index in [0.717, 1.165) is 24.4 Å². The van der Waals surface area contributed by atoms with Gasteiger partial charge < -0.3 is 5.32 Å². The first-order valence-corrected chi connectivity index (χ1v) is 8.16. The lowest BCUT2D eigenvalue weighted by Crippen LogP contribution is -2.34. The fraction of sp³-hybridized carbons (Fsp3) is 0.647. The second kappa shape index (κ2) is 8.13. The molecular weight excluding hydrogens is 264 g/mol. The largest absolute Gasteiger partial charge is 0.314 e. The Balaban J connectivity index is 1.74. The number of nitro groups is 1. The summed E-state index contributed by atoms with van der Waals surface area (Å²) in [6, 6.07) is 7.65. The topological polar surface area (TPSA) is 55.2 Å². The van der Waals surface area contributed by atoms with Gasteiger partial charge in [-0.1, -0.05) is 38.0 Å². The summed E-state index contributed by atoms with van der Waals surface area (Å²) in [7, 11) is 0. The van der Waals surface area contributed by atoms with E-state index in [-0.39, 0.29) is 10.6 Å². The predicted octanol–water partition coefficient (Wildman–Crippen LogP) is 4.09. The van der Waals surface area contributed by atoms with E-state index >= 15 is 0 Å². The van der Waals surface area contributed by atoms with Gasteiger partial charge in [0, 0.05) is 17.7 Å². The number of nitrogens with one attached hydrogen (secondary N) is 1. The number of nitro benzene ring substituents is 1. The van der Waals surface area contributed by atoms with Crippen molar-refractivity contribution in [2.75, 3.05) is 6.54 Å². The van der Waals surface area contributed by atoms with Gasteiger partial charge in [0.2, 0.25) is 0 Å². The average Bonchev–Trinajstić information content (AvgIpc) is 2.50. The van der Waals surface area contributed by atoms with Crippen molar-refractivity contribution in [1.82, 2.24) is 5.32 Å². The van der Waals surface area contributed by atoms with Crippen LogP contribution < -0.4 is 5.32 Å². The molecule has 1 aliphatic carbocycles. The van der Waals surface area contributed by atoms with Crippen LogP contribution in [-0.2, 0) is 6.42 Å². The lowest BCUT2D eigenvalue weighted by atomic mass is 9.83. The molecule has 21 heavy (non-hydrogen) atoms. The second-order valence-corrected chi connectivity index (χ2v) is 6.10. The fourth-order valence-electron chi connectivity index (χ4n) is 3.37. The Bertz CT molecular complexity index is 454. The highest BCUT2D eigenvalue weighted by Gasteiger charge is 2.20. The van der Waals surface area contributed by atoms with Gasteiger partial charge in [-0.05, 0) is 44.6 Å². The van der Waals surface area contributed by atoms with Gasteiger partial charge in [-0.3, -0.25) is 10.1 Å². The van der Waals surface area contributed by atoms with Crippen LogP contribution in [0.25, 0.3) is 0 Å². The highest BCUT2D eigenvalue weighted by molar-refractivity contribution is 5.39. The Morgan fingerprint density at radius 2 is 1.95 bits per heavy atom. The van der Waals surface area contributed by atoms with Crippen LogP contribution in [0, 0.1) is 16.0 Å². The molecule has 0 unspecified atom stereocenters. The normalized spacial score (nSPS) is 22.1. The van der Waals surface area contributed by atoms with Crippen molar-refractivity contribution >= 4 is 5.69 Å². The summed E-state index contributed by atoms with van der Waals surface area (Å²) >= 11 is 0. The molecule has 0 aliphatic heterocycles. The van der Waals surface area contributed by atoms with Crippen molar-refractivity contribution in [2.24, 2.45) is 5.92 Å². The summed E-state index contributed by atoms with van der Waals surface area (Å²) in [5.41, 5.74) is 1.07. The number of benzene rings is 1. The van der Waals surface area contributed by atoms with E-state index < -0.39 is 0 Å². The molecule has 116 valence electrons. The van der Waals surface area contributed by atoms with Gasteiger partial charge in [-0.25, -0.2) is 0 Å². The number of para-hydroxylation sites is 1. The van der Waals surface area contributed by atoms with Crippen LogP contribution in [-0.4, -0.2) is 17.5 Å². The molecule has 0 saturated heterocycles. The van der Waals surface area contributed by atoms with Gasteiger partial charge in [0.15, 0.2) is 0 Å². The Morgan fingerprint density at radius 1 is 1.24 bits per heavy atom. The number of rotatable bonds is 7. The van der Waals surface area contributed by atoms with Crippen LogP contribution in [0.3, 0.4) is 0 Å². The Hall–Kier alpha value is -1.42. The quantitative estimate of drug-likeness (QED) is 0.608. The zero-order valence-corrected chi connectivity index (χ0v) is 12.9. The summed E-state index contributed by atoms with van der Waals surface area (Å²) in [5.74, 6) is 0.920. The van der Waals surface area contributed by atoms with Crippen molar-refractivity contribution in [3.05, 3.63) is 39.9 Å². The first kappa shape index (κ1) is 16.0. The lowest BCUT2D eigenvalue weighted by Gasteiger charge is -2.29. The van der Waals surface area contributed by atoms with Crippen LogP contribution in [0.1, 0.15) is 51.0 Å². The molecular formula is C17H26N2O2. The SMILES string of the molecule is CCCC1CCC(NCCc2ccccc2[N+](=O)[O-])CC1. The highest BCUT2D eigenvalue weighted by Crippen LogP contribution is 2.27. The summed E-state index contributed by atoms with van der Waals surface area (Å²) in [6.07, 6.45) is 8.55. The maximum absolute atomic E-state index is 11.0. The molecule has 1 N–H and O–H groups in total. The van der Waals surface area contributed by atoms with E-state index in [1.807, 2.05) is 12.1 Å². The third-order valence-corrected chi connectivity index (χ3v) is 4.56. The molecule has 4 nitrogen and oxygen atoms in total. The monoisotopic (exact) mass is 290 g/mol. The molecule has 1 saturated carbocycles. The van der Waals surface area contributed by atoms with Crippen molar-refractivity contribution in [1.29, 1.82) is 0 Å². The Morgan fingerprint density at radius 3 is 2.62 bits per heavy atom. The van der Waals surface area contributed by atoms with E-state index in [4.69, 9.17) is 0 Å². The minimum absolute atomic E-state index is 0.242. The number of nitrogens with zero attached hydrogens (tertiary/aromatic N) is 1. The Labute approximate surface area is 127 Å². The molecule has 0 bridgehead atoms. The van der Waals surface area contributed by atoms with Crippen LogP contribution in [0.5, 0.6) is 0 Å². The van der Waals surface area contributed by atoms with Crippen LogP contribution in [0.2, 0.25) is 0 Å². The molecule has 1 aromatic rings. The molecule has 2 rings (SSSR count). The first-order valence-electron chi connectivity index (χ1n) is 8.16. The third-order valence-electron chi connectivity index (χ3n) is 4.56. The number of hydrogen-bond donors (Lipinski definition) is 1. The van der Waals surface area contributed by atoms with Crippen LogP contribution in [0.4, 0.5) is 5.69 Å². The molecule has 1 aromatic carbocycles. The van der Waals surface area contributed by atoms with Gasteiger partial charge in [0.25, 0.3) is 5.69 Å². The summed E-state index contributed by atoms with van der Waals surface area (Å²) in [6.45, 7) is 3.09. The summed E-state index contributed by atoms with van der Waals surface area (Å²) in [4.78, 5) is 10.7. The van der Waals surface area contributed by atoms with Gasteiger partial charge >= 0.3 is 0 Å². The lowest BCUT2D eigenvalue weighted by molar-refractivity contribution is -0.385. The molecule has 0 heterocycles. The maximum Gasteiger partial charge on any atom is 0.272 e. The van der Waals surface area contributed by atoms with E-state index in [1.54, 1.807) is 12.1 Å². The minimum Gasteiger partial charge on any atom is -0.314 e. The maximum atomic E-state index is 11.0. The standard InChI is InChI=1S/C17H26N2O2/c1-2-5-14-8-10-16(11-9-14)18-13-12-15-6-3-4-7-17(15)19(20)21/h3-4,6-7,14,16,18H,2,5,8-13H2,1H3. The van der Waals surface area contributed by atoms with Crippen molar-refractivity contribution < 1.29 is 4.92 Å². The molecule has 0 spiro atoms. The van der Waals surface area contributed by atoms with Gasteiger partial charge in [0.1, 0.15) is 0 Å². The third kappa shape index (κ3) is 4.81. The molecule has 0 amide bonds. The summed E-state index contributed by atoms with van der Waals surface area (Å²) in [5, 5.41) is 14.5. The highest BCUT2D eigenvalue weighted by atomic mass is 16.6. The molecule has 1 fully saturated rings. The predicted molar refractivity (Wildman–Crippen MR) is 85.5 cm³/mol. The first-order chi connectivity index (χ1) is 10.2. The molecule has 0 aromatic heterocycles. The van der Waals surface area contributed by atoms with Crippen LogP contribution >= 0.6 is 0 Å². The van der Waals surface area contributed by atoms with E-state index in [9.17, 15) is 10.1 Å². The van der Waals surface area contributed by atoms with E-state index in [0.29, 0.717) is 6.04 Å². The average molecular weight is 290 g/mol. The van der Waals surface area contributed by atoms with E-state index in [2.05, 4.69) is 12.2 Å². The zero-order valence-electron chi connectivity index (χ0n) is 12.9. The Kier molecular flexibility index (Phi) is 6.18. The van der Waals surface area contributed by atoms with Gasteiger partial charge in [-0.2, -0.15) is 0 Å². The molecule has 0 atom stereocenters. The summed E-state index contributed by atoms with van der Waals surface area (Å²) < 4.78 is 0.